The SMILES string of the molecule is CC1CCc2c(oc3ccc(NS(=O)(=O)c4ccc(Cl)cc4)cc23)C1. The first kappa shape index (κ1) is 16.5. The fraction of sp³-hybridized carbons (Fsp3) is 0.263. The van der Waals surface area contributed by atoms with Crippen molar-refractivity contribution < 1.29 is 12.8 Å². The molecule has 1 aliphatic rings. The Bertz CT molecular complexity index is 1040. The molecule has 0 aliphatic heterocycles. The molecule has 4 rings (SSSR count). The summed E-state index contributed by atoms with van der Waals surface area (Å²) in [5.41, 5.74) is 2.55. The summed E-state index contributed by atoms with van der Waals surface area (Å²) in [6.45, 7) is 2.22. The normalized spacial score (nSPS) is 17.4. The molecule has 2 aromatic carbocycles. The Morgan fingerprint density at radius 1 is 1.16 bits per heavy atom. The highest BCUT2D eigenvalue weighted by atomic mass is 35.5. The third-order valence-corrected chi connectivity index (χ3v) is 6.32. The minimum atomic E-state index is -3.65. The molecule has 0 saturated heterocycles. The third kappa shape index (κ3) is 3.14. The van der Waals surface area contributed by atoms with E-state index in [2.05, 4.69) is 11.6 Å². The quantitative estimate of drug-likeness (QED) is 0.699. The summed E-state index contributed by atoms with van der Waals surface area (Å²) in [6, 6.07) is 11.5. The van der Waals surface area contributed by atoms with Gasteiger partial charge in [0.25, 0.3) is 10.0 Å². The van der Waals surface area contributed by atoms with Crippen LogP contribution in [-0.4, -0.2) is 8.42 Å². The number of sulfonamides is 1. The molecule has 0 radical (unpaired) electrons. The lowest BCUT2D eigenvalue weighted by molar-refractivity contribution is 0.426. The van der Waals surface area contributed by atoms with Crippen molar-refractivity contribution in [3.63, 3.8) is 0 Å². The maximum atomic E-state index is 12.5. The number of anilines is 1. The number of hydrogen-bond donors (Lipinski definition) is 1. The van der Waals surface area contributed by atoms with E-state index in [0.29, 0.717) is 16.6 Å². The smallest absolute Gasteiger partial charge is 0.261 e. The Hall–Kier alpha value is -1.98. The van der Waals surface area contributed by atoms with Gasteiger partial charge in [0.05, 0.1) is 4.90 Å². The summed E-state index contributed by atoms with van der Waals surface area (Å²) >= 11 is 5.83. The largest absolute Gasteiger partial charge is 0.461 e. The molecule has 0 amide bonds. The van der Waals surface area contributed by atoms with Gasteiger partial charge in [0.2, 0.25) is 0 Å². The Morgan fingerprint density at radius 3 is 2.68 bits per heavy atom. The maximum Gasteiger partial charge on any atom is 0.261 e. The average Bonchev–Trinajstić information content (AvgIpc) is 2.91. The summed E-state index contributed by atoms with van der Waals surface area (Å²) in [5, 5.41) is 1.50. The number of hydrogen-bond acceptors (Lipinski definition) is 3. The Labute approximate surface area is 151 Å². The molecule has 1 heterocycles. The van der Waals surface area contributed by atoms with Crippen molar-refractivity contribution >= 4 is 38.3 Å². The molecule has 1 aliphatic carbocycles. The molecule has 25 heavy (non-hydrogen) atoms. The van der Waals surface area contributed by atoms with Gasteiger partial charge in [-0.1, -0.05) is 18.5 Å². The van der Waals surface area contributed by atoms with Gasteiger partial charge >= 0.3 is 0 Å². The predicted molar refractivity (Wildman–Crippen MR) is 99.7 cm³/mol. The van der Waals surface area contributed by atoms with Crippen molar-refractivity contribution in [3.8, 4) is 0 Å². The average molecular weight is 376 g/mol. The van der Waals surface area contributed by atoms with E-state index < -0.39 is 10.0 Å². The Morgan fingerprint density at radius 2 is 1.92 bits per heavy atom. The van der Waals surface area contributed by atoms with E-state index >= 15 is 0 Å². The lowest BCUT2D eigenvalue weighted by atomic mass is 9.88. The number of halogens is 1. The van der Waals surface area contributed by atoms with Crippen LogP contribution in [-0.2, 0) is 22.9 Å². The molecule has 0 fully saturated rings. The van der Waals surface area contributed by atoms with Crippen LogP contribution < -0.4 is 4.72 Å². The van der Waals surface area contributed by atoms with Gasteiger partial charge < -0.3 is 4.42 Å². The summed E-state index contributed by atoms with van der Waals surface area (Å²) in [7, 11) is -3.65. The molecule has 1 unspecified atom stereocenters. The van der Waals surface area contributed by atoms with Crippen molar-refractivity contribution in [2.24, 2.45) is 5.92 Å². The van der Waals surface area contributed by atoms with E-state index in [1.165, 1.54) is 17.7 Å². The molecular formula is C19H18ClNO3S. The minimum absolute atomic E-state index is 0.181. The van der Waals surface area contributed by atoms with Crippen molar-refractivity contribution in [2.45, 2.75) is 31.1 Å². The minimum Gasteiger partial charge on any atom is -0.461 e. The molecule has 0 spiro atoms. The molecular weight excluding hydrogens is 358 g/mol. The number of furan rings is 1. The van der Waals surface area contributed by atoms with Crippen LogP contribution in [0.3, 0.4) is 0 Å². The van der Waals surface area contributed by atoms with Gasteiger partial charge in [-0.15, -0.1) is 0 Å². The second kappa shape index (κ2) is 6.07. The fourth-order valence-electron chi connectivity index (χ4n) is 3.34. The molecule has 1 atom stereocenters. The summed E-state index contributed by atoms with van der Waals surface area (Å²) in [6.07, 6.45) is 3.04. The first-order chi connectivity index (χ1) is 11.9. The molecule has 6 heteroatoms. The topological polar surface area (TPSA) is 59.3 Å². The second-order valence-corrected chi connectivity index (χ2v) is 8.74. The predicted octanol–water partition coefficient (Wildman–Crippen LogP) is 5.01. The van der Waals surface area contributed by atoms with E-state index in [9.17, 15) is 8.42 Å². The number of benzene rings is 2. The zero-order valence-electron chi connectivity index (χ0n) is 13.8. The van der Waals surface area contributed by atoms with Crippen molar-refractivity contribution in [1.82, 2.24) is 0 Å². The van der Waals surface area contributed by atoms with Crippen LogP contribution >= 0.6 is 11.6 Å². The summed E-state index contributed by atoms with van der Waals surface area (Å²) in [5.74, 6) is 1.65. The van der Waals surface area contributed by atoms with E-state index in [-0.39, 0.29) is 4.90 Å². The van der Waals surface area contributed by atoms with Crippen LogP contribution in [0.4, 0.5) is 5.69 Å². The number of nitrogens with one attached hydrogen (secondary N) is 1. The van der Waals surface area contributed by atoms with Crippen LogP contribution in [0.2, 0.25) is 5.02 Å². The number of rotatable bonds is 3. The second-order valence-electron chi connectivity index (χ2n) is 6.62. The van der Waals surface area contributed by atoms with Crippen LogP contribution in [0.15, 0.2) is 51.8 Å². The van der Waals surface area contributed by atoms with Gasteiger partial charge in [-0.05, 0) is 61.2 Å². The fourth-order valence-corrected chi connectivity index (χ4v) is 4.51. The summed E-state index contributed by atoms with van der Waals surface area (Å²) in [4.78, 5) is 0.181. The van der Waals surface area contributed by atoms with Crippen molar-refractivity contribution in [1.29, 1.82) is 0 Å². The molecule has 1 N–H and O–H groups in total. The van der Waals surface area contributed by atoms with Crippen molar-refractivity contribution in [3.05, 3.63) is 58.8 Å². The molecule has 1 aromatic heterocycles. The van der Waals surface area contributed by atoms with Gasteiger partial charge in [-0.25, -0.2) is 8.42 Å². The van der Waals surface area contributed by atoms with Gasteiger partial charge in [-0.3, -0.25) is 4.72 Å². The van der Waals surface area contributed by atoms with E-state index in [4.69, 9.17) is 16.0 Å². The first-order valence-electron chi connectivity index (χ1n) is 8.25. The molecule has 4 nitrogen and oxygen atoms in total. The third-order valence-electron chi connectivity index (χ3n) is 4.67. The summed E-state index contributed by atoms with van der Waals surface area (Å²) < 4.78 is 33.7. The van der Waals surface area contributed by atoms with Gasteiger partial charge in [-0.2, -0.15) is 0 Å². The maximum absolute atomic E-state index is 12.5. The van der Waals surface area contributed by atoms with Gasteiger partial charge in [0, 0.05) is 28.1 Å². The number of aryl methyl sites for hydroxylation is 1. The molecule has 0 saturated carbocycles. The highest BCUT2D eigenvalue weighted by molar-refractivity contribution is 7.92. The van der Waals surface area contributed by atoms with E-state index in [1.54, 1.807) is 18.2 Å². The van der Waals surface area contributed by atoms with Crippen LogP contribution in [0.5, 0.6) is 0 Å². The highest BCUT2D eigenvalue weighted by Gasteiger charge is 2.22. The Balaban J connectivity index is 1.69. The first-order valence-corrected chi connectivity index (χ1v) is 10.1. The number of fused-ring (bicyclic) bond motifs is 3. The molecule has 0 bridgehead atoms. The monoisotopic (exact) mass is 375 g/mol. The van der Waals surface area contributed by atoms with Crippen molar-refractivity contribution in [2.75, 3.05) is 4.72 Å². The lowest BCUT2D eigenvalue weighted by Gasteiger charge is -2.16. The zero-order chi connectivity index (χ0) is 17.6. The lowest BCUT2D eigenvalue weighted by Crippen LogP contribution is -2.12. The zero-order valence-corrected chi connectivity index (χ0v) is 15.3. The molecule has 3 aromatic rings. The highest BCUT2D eigenvalue weighted by Crippen LogP contribution is 2.35. The Kier molecular flexibility index (Phi) is 4.01. The van der Waals surface area contributed by atoms with E-state index in [0.717, 1.165) is 36.0 Å². The van der Waals surface area contributed by atoms with Gasteiger partial charge in [0.15, 0.2) is 0 Å². The van der Waals surface area contributed by atoms with Crippen LogP contribution in [0, 0.1) is 5.92 Å². The van der Waals surface area contributed by atoms with Gasteiger partial charge in [0.1, 0.15) is 11.3 Å². The van der Waals surface area contributed by atoms with Crippen LogP contribution in [0.1, 0.15) is 24.7 Å². The van der Waals surface area contributed by atoms with Crippen LogP contribution in [0.25, 0.3) is 11.0 Å². The standard InChI is InChI=1S/C19H18ClNO3S/c1-12-2-8-16-17-11-14(5-9-18(17)24-19(16)10-12)21-25(22,23)15-6-3-13(20)4-7-15/h3-7,9,11-12,21H,2,8,10H2,1H3. The van der Waals surface area contributed by atoms with E-state index in [1.807, 2.05) is 12.1 Å². The molecule has 130 valence electrons.